The van der Waals surface area contributed by atoms with Gasteiger partial charge in [-0.3, -0.25) is 0 Å². The summed E-state index contributed by atoms with van der Waals surface area (Å²) >= 11 is 0. The van der Waals surface area contributed by atoms with Crippen LogP contribution in [0.15, 0.2) is 30.3 Å². The maximum absolute atomic E-state index is 11.7. The third-order valence-electron chi connectivity index (χ3n) is 3.01. The quantitative estimate of drug-likeness (QED) is 0.771. The van der Waals surface area contributed by atoms with Crippen LogP contribution in [-0.2, 0) is 30.3 Å². The van der Waals surface area contributed by atoms with Gasteiger partial charge >= 0.3 is 5.97 Å². The predicted molar refractivity (Wildman–Crippen MR) is 71.9 cm³/mol. The van der Waals surface area contributed by atoms with Gasteiger partial charge in [-0.15, -0.1) is 0 Å². The highest BCUT2D eigenvalue weighted by Crippen LogP contribution is 2.29. The first-order chi connectivity index (χ1) is 9.52. The van der Waals surface area contributed by atoms with E-state index in [9.17, 15) is 4.79 Å². The Morgan fingerprint density at radius 2 is 1.95 bits per heavy atom. The topological polar surface area (TPSA) is 54.0 Å². The van der Waals surface area contributed by atoms with Gasteiger partial charge in [0, 0.05) is 0 Å². The Morgan fingerprint density at radius 1 is 1.25 bits per heavy atom. The number of carbonyl (C=O) groups excluding carboxylic acids is 1. The van der Waals surface area contributed by atoms with E-state index in [0.717, 1.165) is 5.56 Å². The molecule has 1 aromatic rings. The SMILES string of the molecule is COC(=O)[C@H]1OC(C)(C)O[C@H]1COCc1ccccc1. The lowest BCUT2D eigenvalue weighted by Crippen LogP contribution is -2.35. The number of ether oxygens (including phenoxy) is 4. The second-order valence-electron chi connectivity index (χ2n) is 5.12. The zero-order valence-electron chi connectivity index (χ0n) is 12.0. The van der Waals surface area contributed by atoms with E-state index >= 15 is 0 Å². The van der Waals surface area contributed by atoms with Crippen LogP contribution in [0.3, 0.4) is 0 Å². The van der Waals surface area contributed by atoms with Crippen LogP contribution in [-0.4, -0.2) is 37.7 Å². The summed E-state index contributed by atoms with van der Waals surface area (Å²) in [6, 6.07) is 9.82. The number of esters is 1. The average Bonchev–Trinajstić information content (AvgIpc) is 2.74. The van der Waals surface area contributed by atoms with Gasteiger partial charge in [0.25, 0.3) is 0 Å². The lowest BCUT2D eigenvalue weighted by molar-refractivity contribution is -0.168. The van der Waals surface area contributed by atoms with Gasteiger partial charge in [0.15, 0.2) is 11.9 Å². The van der Waals surface area contributed by atoms with E-state index in [2.05, 4.69) is 0 Å². The van der Waals surface area contributed by atoms with Gasteiger partial charge < -0.3 is 18.9 Å². The van der Waals surface area contributed by atoms with Gasteiger partial charge in [0.2, 0.25) is 0 Å². The molecule has 1 fully saturated rings. The average molecular weight is 280 g/mol. The minimum absolute atomic E-state index is 0.276. The molecule has 0 spiro atoms. The fraction of sp³-hybridized carbons (Fsp3) is 0.533. The molecule has 5 nitrogen and oxygen atoms in total. The van der Waals surface area contributed by atoms with E-state index in [1.54, 1.807) is 13.8 Å². The van der Waals surface area contributed by atoms with Crippen LogP contribution in [0, 0.1) is 0 Å². The van der Waals surface area contributed by atoms with Crippen LogP contribution in [0.25, 0.3) is 0 Å². The number of methoxy groups -OCH3 is 1. The molecule has 0 amide bonds. The van der Waals surface area contributed by atoms with Gasteiger partial charge in [0.1, 0.15) is 6.10 Å². The Kier molecular flexibility index (Phi) is 4.75. The molecule has 0 aliphatic carbocycles. The first-order valence-electron chi connectivity index (χ1n) is 6.57. The normalized spacial score (nSPS) is 24.6. The largest absolute Gasteiger partial charge is 0.467 e. The Labute approximate surface area is 118 Å². The molecule has 1 heterocycles. The molecule has 1 aliphatic heterocycles. The predicted octanol–water partition coefficient (Wildman–Crippen LogP) is 1.90. The highest BCUT2D eigenvalue weighted by molar-refractivity contribution is 5.75. The highest BCUT2D eigenvalue weighted by Gasteiger charge is 2.45. The Hall–Kier alpha value is -1.43. The van der Waals surface area contributed by atoms with E-state index in [-0.39, 0.29) is 6.61 Å². The summed E-state index contributed by atoms with van der Waals surface area (Å²) in [5.74, 6) is -1.25. The molecule has 0 N–H and O–H groups in total. The molecule has 20 heavy (non-hydrogen) atoms. The van der Waals surface area contributed by atoms with Crippen molar-refractivity contribution >= 4 is 5.97 Å². The van der Waals surface area contributed by atoms with Gasteiger partial charge in [-0.05, 0) is 19.4 Å². The maximum Gasteiger partial charge on any atom is 0.337 e. The van der Waals surface area contributed by atoms with Crippen molar-refractivity contribution in [3.05, 3.63) is 35.9 Å². The van der Waals surface area contributed by atoms with Crippen LogP contribution in [0.5, 0.6) is 0 Å². The van der Waals surface area contributed by atoms with E-state index in [0.29, 0.717) is 6.61 Å². The first kappa shape index (κ1) is 15.0. The monoisotopic (exact) mass is 280 g/mol. The Bertz CT molecular complexity index is 443. The van der Waals surface area contributed by atoms with Crippen molar-refractivity contribution in [2.75, 3.05) is 13.7 Å². The number of benzene rings is 1. The van der Waals surface area contributed by atoms with E-state index in [4.69, 9.17) is 18.9 Å². The van der Waals surface area contributed by atoms with Crippen LogP contribution in [0.2, 0.25) is 0 Å². The highest BCUT2D eigenvalue weighted by atomic mass is 16.8. The molecule has 1 saturated heterocycles. The summed E-state index contributed by atoms with van der Waals surface area (Å²) in [5.41, 5.74) is 1.07. The van der Waals surface area contributed by atoms with Crippen molar-refractivity contribution < 1.29 is 23.7 Å². The number of carbonyl (C=O) groups is 1. The lowest BCUT2D eigenvalue weighted by atomic mass is 10.2. The van der Waals surface area contributed by atoms with Crippen LogP contribution < -0.4 is 0 Å². The molecule has 0 unspecified atom stereocenters. The van der Waals surface area contributed by atoms with Gasteiger partial charge in [-0.2, -0.15) is 0 Å². The summed E-state index contributed by atoms with van der Waals surface area (Å²) in [4.78, 5) is 11.7. The van der Waals surface area contributed by atoms with Crippen molar-refractivity contribution in [3.8, 4) is 0 Å². The second-order valence-corrected chi connectivity index (χ2v) is 5.12. The molecule has 0 radical (unpaired) electrons. The fourth-order valence-corrected chi connectivity index (χ4v) is 2.14. The Balaban J connectivity index is 1.88. The Morgan fingerprint density at radius 3 is 2.60 bits per heavy atom. The van der Waals surface area contributed by atoms with Crippen molar-refractivity contribution in [1.82, 2.24) is 0 Å². The van der Waals surface area contributed by atoms with Crippen molar-refractivity contribution in [2.45, 2.75) is 38.4 Å². The zero-order valence-corrected chi connectivity index (χ0v) is 12.0. The molecule has 0 aromatic heterocycles. The number of rotatable bonds is 5. The van der Waals surface area contributed by atoms with Crippen molar-refractivity contribution in [3.63, 3.8) is 0 Å². The molecular weight excluding hydrogens is 260 g/mol. The molecular formula is C15H20O5. The zero-order chi connectivity index (χ0) is 14.6. The van der Waals surface area contributed by atoms with Gasteiger partial charge in [-0.25, -0.2) is 4.79 Å². The maximum atomic E-state index is 11.7. The number of hydrogen-bond acceptors (Lipinski definition) is 5. The van der Waals surface area contributed by atoms with E-state index < -0.39 is 24.0 Å². The summed E-state index contributed by atoms with van der Waals surface area (Å²) in [6.07, 6.45) is -1.20. The molecule has 110 valence electrons. The van der Waals surface area contributed by atoms with E-state index in [1.165, 1.54) is 7.11 Å². The summed E-state index contributed by atoms with van der Waals surface area (Å²) < 4.78 is 21.5. The molecule has 0 saturated carbocycles. The minimum atomic E-state index is -0.806. The lowest BCUT2D eigenvalue weighted by Gasteiger charge is -2.16. The second kappa shape index (κ2) is 6.35. The molecule has 5 heteroatoms. The van der Waals surface area contributed by atoms with Crippen LogP contribution in [0.4, 0.5) is 0 Å². The molecule has 2 rings (SSSR count). The number of hydrogen-bond donors (Lipinski definition) is 0. The molecule has 1 aromatic carbocycles. The molecule has 0 bridgehead atoms. The van der Waals surface area contributed by atoms with E-state index in [1.807, 2.05) is 30.3 Å². The summed E-state index contributed by atoms with van der Waals surface area (Å²) in [7, 11) is 1.33. The summed E-state index contributed by atoms with van der Waals surface area (Å²) in [6.45, 7) is 4.27. The first-order valence-corrected chi connectivity index (χ1v) is 6.57. The standard InChI is InChI=1S/C15H20O5/c1-15(2)19-12(13(20-15)14(16)17-3)10-18-9-11-7-5-4-6-8-11/h4-8,12-13H,9-10H2,1-3H3/t12-,13-/m0/s1. The van der Waals surface area contributed by atoms with Crippen LogP contribution in [0.1, 0.15) is 19.4 Å². The fourth-order valence-electron chi connectivity index (χ4n) is 2.14. The third-order valence-corrected chi connectivity index (χ3v) is 3.01. The van der Waals surface area contributed by atoms with Gasteiger partial charge in [-0.1, -0.05) is 30.3 Å². The summed E-state index contributed by atoms with van der Waals surface area (Å²) in [5, 5.41) is 0. The smallest absolute Gasteiger partial charge is 0.337 e. The molecule has 2 atom stereocenters. The molecule has 1 aliphatic rings. The minimum Gasteiger partial charge on any atom is -0.467 e. The van der Waals surface area contributed by atoms with Crippen molar-refractivity contribution in [2.24, 2.45) is 0 Å². The van der Waals surface area contributed by atoms with Crippen molar-refractivity contribution in [1.29, 1.82) is 0 Å². The van der Waals surface area contributed by atoms with Crippen LogP contribution >= 0.6 is 0 Å². The third kappa shape index (κ3) is 3.79. The van der Waals surface area contributed by atoms with Gasteiger partial charge in [0.05, 0.1) is 20.3 Å².